The lowest BCUT2D eigenvalue weighted by Crippen LogP contribution is -2.40. The van der Waals surface area contributed by atoms with Gasteiger partial charge >= 0.3 is 5.97 Å². The zero-order valence-electron chi connectivity index (χ0n) is 24.4. The van der Waals surface area contributed by atoms with E-state index in [1.165, 1.54) is 15.9 Å². The van der Waals surface area contributed by atoms with Crippen LogP contribution in [-0.2, 0) is 16.1 Å². The maximum absolute atomic E-state index is 14.3. The number of rotatable bonds is 8. The van der Waals surface area contributed by atoms with E-state index in [2.05, 4.69) is 6.07 Å². The first-order valence-electron chi connectivity index (χ1n) is 14.3. The van der Waals surface area contributed by atoms with Crippen LogP contribution in [0.5, 0.6) is 5.75 Å². The predicted octanol–water partition coefficient (Wildman–Crippen LogP) is 6.69. The average Bonchev–Trinajstić information content (AvgIpc) is 3.38. The third-order valence-corrected chi connectivity index (χ3v) is 8.81. The Morgan fingerprint density at radius 2 is 1.72 bits per heavy atom. The second-order valence-electron chi connectivity index (χ2n) is 10.2. The van der Waals surface area contributed by atoms with Crippen molar-refractivity contribution in [3.8, 4) is 11.8 Å². The van der Waals surface area contributed by atoms with Crippen molar-refractivity contribution in [2.45, 2.75) is 19.6 Å². The largest absolute Gasteiger partial charge is 0.488 e. The third-order valence-electron chi connectivity index (χ3n) is 7.34. The van der Waals surface area contributed by atoms with Crippen LogP contribution in [0, 0.1) is 11.3 Å². The molecule has 6 rings (SSSR count). The summed E-state index contributed by atoms with van der Waals surface area (Å²) in [6, 6.07) is 30.0. The van der Waals surface area contributed by atoms with Crippen molar-refractivity contribution in [1.82, 2.24) is 4.57 Å². The predicted molar refractivity (Wildman–Crippen MR) is 179 cm³/mol. The second-order valence-corrected chi connectivity index (χ2v) is 12.1. The molecule has 10 heteroatoms. The number of ether oxygens (including phenoxy) is 2. The molecule has 2 heterocycles. The number of carbonyl (C=O) groups is 1. The number of hydrogen-bond donors (Lipinski definition) is 0. The van der Waals surface area contributed by atoms with Crippen LogP contribution in [0.3, 0.4) is 0 Å². The summed E-state index contributed by atoms with van der Waals surface area (Å²) >= 11 is 13.8. The van der Waals surface area contributed by atoms with Gasteiger partial charge < -0.3 is 9.47 Å². The molecule has 0 bridgehead atoms. The van der Waals surface area contributed by atoms with Gasteiger partial charge in [0.15, 0.2) is 4.80 Å². The molecule has 1 aliphatic heterocycles. The molecule has 1 atom stereocenters. The van der Waals surface area contributed by atoms with Crippen LogP contribution >= 0.6 is 34.5 Å². The summed E-state index contributed by atoms with van der Waals surface area (Å²) in [6.45, 7) is 2.03. The number of carbonyl (C=O) groups excluding carboxylic acids is 1. The number of nitriles is 1. The Hall–Kier alpha value is -4.94. The Kier molecular flexibility index (Phi) is 9.18. The van der Waals surface area contributed by atoms with Crippen LogP contribution in [-0.4, -0.2) is 17.1 Å². The van der Waals surface area contributed by atoms with Crippen LogP contribution < -0.4 is 19.6 Å². The molecule has 46 heavy (non-hydrogen) atoms. The van der Waals surface area contributed by atoms with Gasteiger partial charge in [0.25, 0.3) is 5.56 Å². The number of nitrogens with zero attached hydrogens (tertiary/aromatic N) is 3. The lowest BCUT2D eigenvalue weighted by atomic mass is 9.93. The monoisotopic (exact) mass is 665 g/mol. The summed E-state index contributed by atoms with van der Waals surface area (Å²) in [4.78, 5) is 33.2. The minimum Gasteiger partial charge on any atom is -0.488 e. The molecule has 4 aromatic carbocycles. The van der Waals surface area contributed by atoms with E-state index in [0.717, 1.165) is 5.56 Å². The first kappa shape index (κ1) is 31.1. The quantitative estimate of drug-likeness (QED) is 0.172. The molecule has 0 radical (unpaired) electrons. The molecule has 0 aliphatic carbocycles. The van der Waals surface area contributed by atoms with E-state index in [1.54, 1.807) is 67.6 Å². The first-order chi connectivity index (χ1) is 22.4. The Morgan fingerprint density at radius 3 is 2.46 bits per heavy atom. The van der Waals surface area contributed by atoms with E-state index in [1.807, 2.05) is 42.5 Å². The highest BCUT2D eigenvalue weighted by molar-refractivity contribution is 7.07. The van der Waals surface area contributed by atoms with Gasteiger partial charge in [-0.1, -0.05) is 95.2 Å². The molecular weight excluding hydrogens is 641 g/mol. The summed E-state index contributed by atoms with van der Waals surface area (Å²) in [6.07, 6.45) is 1.70. The molecule has 0 fully saturated rings. The van der Waals surface area contributed by atoms with E-state index in [4.69, 9.17) is 37.7 Å². The van der Waals surface area contributed by atoms with Crippen molar-refractivity contribution in [3.05, 3.63) is 160 Å². The first-order valence-corrected chi connectivity index (χ1v) is 15.9. The summed E-state index contributed by atoms with van der Waals surface area (Å²) in [5, 5.41) is 10.5. The standard InChI is InChI=1S/C36H25Cl2N3O4S/c1-2-44-35(43)31-32(22-8-4-3-5-9-22)40-36-41(33(31)23-12-14-27(37)15-13-23)34(42)30(46-36)19-26-18-28(38)16-17-29(26)45-21-25-11-7-6-10-24(25)20-39/h3-19,33H,2,21H2,1H3/b30-19-/t33-/m0/s1. The molecule has 228 valence electrons. The Balaban J connectivity index is 1.53. The fraction of sp³-hybridized carbons (Fsp3) is 0.111. The van der Waals surface area contributed by atoms with Crippen molar-refractivity contribution >= 4 is 52.3 Å². The topological polar surface area (TPSA) is 93.7 Å². The number of aromatic nitrogens is 1. The highest BCUT2D eigenvalue weighted by atomic mass is 35.5. The average molecular weight is 667 g/mol. The molecule has 0 N–H and O–H groups in total. The van der Waals surface area contributed by atoms with Gasteiger partial charge in [-0.15, -0.1) is 0 Å². The summed E-state index contributed by atoms with van der Waals surface area (Å²) < 4.78 is 13.5. The highest BCUT2D eigenvalue weighted by Gasteiger charge is 2.35. The molecule has 0 unspecified atom stereocenters. The fourth-order valence-corrected chi connectivity index (χ4v) is 6.51. The van der Waals surface area contributed by atoms with Gasteiger partial charge in [-0.2, -0.15) is 5.26 Å². The zero-order valence-corrected chi connectivity index (χ0v) is 26.8. The van der Waals surface area contributed by atoms with Crippen molar-refractivity contribution in [3.63, 3.8) is 0 Å². The minimum absolute atomic E-state index is 0.146. The van der Waals surface area contributed by atoms with Gasteiger partial charge in [0.05, 0.1) is 40.1 Å². The zero-order chi connectivity index (χ0) is 32.2. The SMILES string of the molecule is CCOC(=O)C1=C(c2ccccc2)N=c2s/c(=C\c3cc(Cl)ccc3OCc3ccccc3C#N)c(=O)n2[C@H]1c1ccc(Cl)cc1. The maximum atomic E-state index is 14.3. The van der Waals surface area contributed by atoms with Crippen LogP contribution in [0.2, 0.25) is 10.0 Å². The van der Waals surface area contributed by atoms with Crippen molar-refractivity contribution in [2.75, 3.05) is 6.61 Å². The van der Waals surface area contributed by atoms with Crippen molar-refractivity contribution in [1.29, 1.82) is 5.26 Å². The molecule has 0 spiro atoms. The van der Waals surface area contributed by atoms with E-state index in [9.17, 15) is 14.9 Å². The van der Waals surface area contributed by atoms with Gasteiger partial charge in [0.2, 0.25) is 0 Å². The Morgan fingerprint density at radius 1 is 1.00 bits per heavy atom. The van der Waals surface area contributed by atoms with Gasteiger partial charge in [-0.25, -0.2) is 9.79 Å². The number of hydrogen-bond acceptors (Lipinski definition) is 7. The number of thiazole rings is 1. The molecule has 1 aliphatic rings. The number of fused-ring (bicyclic) bond motifs is 1. The third kappa shape index (κ3) is 6.26. The van der Waals surface area contributed by atoms with Crippen LogP contribution in [0.4, 0.5) is 0 Å². The van der Waals surface area contributed by atoms with Crippen molar-refractivity contribution in [2.24, 2.45) is 4.99 Å². The smallest absolute Gasteiger partial charge is 0.338 e. The number of esters is 1. The Bertz CT molecular complexity index is 2200. The summed E-state index contributed by atoms with van der Waals surface area (Å²) in [5.41, 5.74) is 3.53. The lowest BCUT2D eigenvalue weighted by Gasteiger charge is -2.25. The van der Waals surface area contributed by atoms with E-state index < -0.39 is 12.0 Å². The normalized spacial score (nSPS) is 14.3. The van der Waals surface area contributed by atoms with Gasteiger partial charge in [0, 0.05) is 26.7 Å². The van der Waals surface area contributed by atoms with Crippen LogP contribution in [0.25, 0.3) is 11.8 Å². The van der Waals surface area contributed by atoms with Gasteiger partial charge in [-0.3, -0.25) is 9.36 Å². The molecular formula is C36H25Cl2N3O4S. The molecule has 1 aromatic heterocycles. The molecule has 0 amide bonds. The maximum Gasteiger partial charge on any atom is 0.338 e. The molecule has 0 saturated carbocycles. The molecule has 7 nitrogen and oxygen atoms in total. The molecule has 0 saturated heterocycles. The van der Waals surface area contributed by atoms with E-state index in [0.29, 0.717) is 53.1 Å². The Labute approximate surface area is 278 Å². The van der Waals surface area contributed by atoms with Gasteiger partial charge in [0.1, 0.15) is 12.4 Å². The van der Waals surface area contributed by atoms with E-state index in [-0.39, 0.29) is 24.3 Å². The molecule has 5 aromatic rings. The number of benzene rings is 4. The van der Waals surface area contributed by atoms with Crippen LogP contribution in [0.15, 0.2) is 112 Å². The van der Waals surface area contributed by atoms with Gasteiger partial charge in [-0.05, 0) is 55.0 Å². The lowest BCUT2D eigenvalue weighted by molar-refractivity contribution is -0.138. The summed E-state index contributed by atoms with van der Waals surface area (Å²) in [7, 11) is 0. The highest BCUT2D eigenvalue weighted by Crippen LogP contribution is 2.35. The number of halogens is 2. The van der Waals surface area contributed by atoms with E-state index >= 15 is 0 Å². The van der Waals surface area contributed by atoms with Crippen LogP contribution in [0.1, 0.15) is 40.8 Å². The minimum atomic E-state index is -0.831. The van der Waals surface area contributed by atoms with Crippen molar-refractivity contribution < 1.29 is 14.3 Å². The fourth-order valence-electron chi connectivity index (χ4n) is 5.22. The second kappa shape index (κ2) is 13.6. The summed E-state index contributed by atoms with van der Waals surface area (Å²) in [5.74, 6) is -0.0862.